The molecule has 1 aliphatic carbocycles. The number of carbonyl (C=O) groups is 1. The largest absolute Gasteiger partial charge is 0.377 e. The molecule has 1 saturated carbocycles. The van der Waals surface area contributed by atoms with Gasteiger partial charge in [-0.1, -0.05) is 13.8 Å². The van der Waals surface area contributed by atoms with Crippen molar-refractivity contribution < 1.29 is 13.6 Å². The van der Waals surface area contributed by atoms with Gasteiger partial charge in [0.1, 0.15) is 11.6 Å². The van der Waals surface area contributed by atoms with Crippen molar-refractivity contribution in [3.05, 3.63) is 64.7 Å². The van der Waals surface area contributed by atoms with Gasteiger partial charge in [-0.15, -0.1) is 0 Å². The molecule has 1 amide bonds. The second-order valence-corrected chi connectivity index (χ2v) is 9.17. The zero-order valence-corrected chi connectivity index (χ0v) is 16.1. The summed E-state index contributed by atoms with van der Waals surface area (Å²) in [4.78, 5) is 12.3. The van der Waals surface area contributed by atoms with E-state index in [0.29, 0.717) is 22.8 Å². The van der Waals surface area contributed by atoms with Crippen LogP contribution in [0.3, 0.4) is 0 Å². The molecule has 142 valence electrons. The lowest BCUT2D eigenvalue weighted by Crippen LogP contribution is -2.35. The Kier molecular flexibility index (Phi) is 4.62. The average Bonchev–Trinajstić information content (AvgIpc) is 3.41. The molecule has 2 aromatic carbocycles. The average molecular weight is 388 g/mol. The van der Waals surface area contributed by atoms with E-state index in [9.17, 15) is 13.6 Å². The first-order valence-corrected chi connectivity index (χ1v) is 10.0. The summed E-state index contributed by atoms with van der Waals surface area (Å²) >= 11 is 1.50. The van der Waals surface area contributed by atoms with Gasteiger partial charge >= 0.3 is 0 Å². The van der Waals surface area contributed by atoms with Crippen LogP contribution in [-0.2, 0) is 6.42 Å². The summed E-state index contributed by atoms with van der Waals surface area (Å²) in [5.74, 6) is -1.23. The Bertz CT molecular complexity index is 875. The maximum Gasteiger partial charge on any atom is 0.261 e. The molecule has 2 aromatic rings. The van der Waals surface area contributed by atoms with Crippen LogP contribution in [0.15, 0.2) is 36.4 Å². The molecule has 27 heavy (non-hydrogen) atoms. The van der Waals surface area contributed by atoms with E-state index in [1.807, 2.05) is 12.1 Å². The molecule has 1 unspecified atom stereocenters. The van der Waals surface area contributed by atoms with Crippen LogP contribution in [0.4, 0.5) is 14.5 Å². The number of amides is 1. The smallest absolute Gasteiger partial charge is 0.261 e. The molecule has 1 heterocycles. The first-order chi connectivity index (χ1) is 12.8. The molecular weight excluding hydrogens is 366 g/mol. The molecule has 3 nitrogen and oxygen atoms in total. The van der Waals surface area contributed by atoms with E-state index in [4.69, 9.17) is 0 Å². The van der Waals surface area contributed by atoms with Crippen LogP contribution in [-0.4, -0.2) is 11.2 Å². The van der Waals surface area contributed by atoms with Gasteiger partial charge in [0.2, 0.25) is 0 Å². The summed E-state index contributed by atoms with van der Waals surface area (Å²) in [5, 5.41) is 3.97. The molecule has 0 bridgehead atoms. The summed E-state index contributed by atoms with van der Waals surface area (Å²) in [6.07, 6.45) is 3.03. The van der Waals surface area contributed by atoms with Crippen LogP contribution in [0.25, 0.3) is 0 Å². The van der Waals surface area contributed by atoms with Crippen molar-refractivity contribution >= 4 is 23.5 Å². The van der Waals surface area contributed by atoms with Crippen LogP contribution >= 0.6 is 11.9 Å². The third kappa shape index (κ3) is 3.95. The number of benzene rings is 2. The number of halogens is 2. The highest BCUT2D eigenvalue weighted by atomic mass is 32.2. The predicted molar refractivity (Wildman–Crippen MR) is 105 cm³/mol. The van der Waals surface area contributed by atoms with Gasteiger partial charge in [-0.25, -0.2) is 8.78 Å². The molecule has 2 N–H and O–H groups in total. The van der Waals surface area contributed by atoms with Gasteiger partial charge in [0, 0.05) is 22.6 Å². The molecule has 4 rings (SSSR count). The number of nitrogens with one attached hydrogen (secondary N) is 2. The van der Waals surface area contributed by atoms with E-state index in [1.165, 1.54) is 24.1 Å². The minimum Gasteiger partial charge on any atom is -0.377 e. The summed E-state index contributed by atoms with van der Waals surface area (Å²) in [7, 11) is 0. The quantitative estimate of drug-likeness (QED) is 0.704. The Morgan fingerprint density at radius 3 is 2.52 bits per heavy atom. The number of fused-ring (bicyclic) bond motifs is 1. The normalized spacial score (nSPS) is 20.5. The topological polar surface area (TPSA) is 41.1 Å². The number of hydrogen-bond acceptors (Lipinski definition) is 3. The Labute approximate surface area is 162 Å². The Hall–Kier alpha value is -2.08. The summed E-state index contributed by atoms with van der Waals surface area (Å²) in [6, 6.07) is 9.00. The second-order valence-electron chi connectivity index (χ2n) is 8.07. The Balaban J connectivity index is 1.59. The lowest BCUT2D eigenvalue weighted by molar-refractivity contribution is 0.0984. The third-order valence-corrected chi connectivity index (χ3v) is 6.26. The monoisotopic (exact) mass is 388 g/mol. The minimum absolute atomic E-state index is 0.0816. The molecule has 0 radical (unpaired) electrons. The molecule has 1 atom stereocenters. The van der Waals surface area contributed by atoms with Gasteiger partial charge in [-0.3, -0.25) is 9.52 Å². The highest BCUT2D eigenvalue weighted by Crippen LogP contribution is 2.45. The van der Waals surface area contributed by atoms with Crippen LogP contribution < -0.4 is 10.0 Å². The van der Waals surface area contributed by atoms with Crippen LogP contribution in [0.1, 0.15) is 54.2 Å². The summed E-state index contributed by atoms with van der Waals surface area (Å²) in [5.41, 5.74) is 2.89. The molecular formula is C21H22F2N2OS. The van der Waals surface area contributed by atoms with E-state index >= 15 is 0 Å². The molecule has 0 aromatic heterocycles. The molecule has 6 heteroatoms. The maximum absolute atomic E-state index is 13.7. The van der Waals surface area contributed by atoms with E-state index in [-0.39, 0.29) is 17.4 Å². The standard InChI is InChI=1S/C21H22F2N2OS/c1-21(2)11-14-7-12(20(26)25-27-17-4-5-17)3-6-18(14)24-19(21)13-8-15(22)10-16(23)9-13/h3,6-10,17,19,24H,4-5,11H2,1-2H3,(H,25,26). The van der Waals surface area contributed by atoms with E-state index in [2.05, 4.69) is 23.9 Å². The van der Waals surface area contributed by atoms with Crippen molar-refractivity contribution in [2.24, 2.45) is 5.41 Å². The summed E-state index contributed by atoms with van der Waals surface area (Å²) in [6.45, 7) is 4.12. The van der Waals surface area contributed by atoms with Crippen molar-refractivity contribution in [1.82, 2.24) is 4.72 Å². The maximum atomic E-state index is 13.7. The van der Waals surface area contributed by atoms with Crippen molar-refractivity contribution in [3.63, 3.8) is 0 Å². The van der Waals surface area contributed by atoms with Crippen LogP contribution in [0.2, 0.25) is 0 Å². The van der Waals surface area contributed by atoms with E-state index in [0.717, 1.165) is 30.2 Å². The molecule has 1 aliphatic heterocycles. The van der Waals surface area contributed by atoms with Gasteiger partial charge in [0.05, 0.1) is 6.04 Å². The second kappa shape index (κ2) is 6.82. The van der Waals surface area contributed by atoms with Crippen molar-refractivity contribution in [3.8, 4) is 0 Å². The zero-order valence-electron chi connectivity index (χ0n) is 15.3. The van der Waals surface area contributed by atoms with Crippen molar-refractivity contribution in [2.75, 3.05) is 5.32 Å². The van der Waals surface area contributed by atoms with Crippen molar-refractivity contribution in [1.29, 1.82) is 0 Å². The first-order valence-electron chi connectivity index (χ1n) is 9.13. The minimum atomic E-state index is -0.575. The van der Waals surface area contributed by atoms with Gasteiger partial charge < -0.3 is 5.32 Å². The molecule has 1 fully saturated rings. The lowest BCUT2D eigenvalue weighted by Gasteiger charge is -2.41. The lowest BCUT2D eigenvalue weighted by atomic mass is 9.72. The first kappa shape index (κ1) is 18.3. The number of hydrogen-bond donors (Lipinski definition) is 2. The Morgan fingerprint density at radius 2 is 1.85 bits per heavy atom. The fourth-order valence-corrected chi connectivity index (χ4v) is 4.39. The van der Waals surface area contributed by atoms with E-state index < -0.39 is 11.6 Å². The molecule has 0 saturated heterocycles. The number of rotatable bonds is 4. The van der Waals surface area contributed by atoms with Gasteiger partial charge in [-0.2, -0.15) is 0 Å². The Morgan fingerprint density at radius 1 is 1.15 bits per heavy atom. The zero-order chi connectivity index (χ0) is 19.2. The SMILES string of the molecule is CC1(C)Cc2cc(C(=O)NSC3CC3)ccc2NC1c1cc(F)cc(F)c1. The highest BCUT2D eigenvalue weighted by molar-refractivity contribution is 7.98. The van der Waals surface area contributed by atoms with Gasteiger partial charge in [-0.05, 0) is 78.1 Å². The predicted octanol–water partition coefficient (Wildman–Crippen LogP) is 5.24. The van der Waals surface area contributed by atoms with Crippen molar-refractivity contribution in [2.45, 2.75) is 44.4 Å². The van der Waals surface area contributed by atoms with Crippen LogP contribution in [0, 0.1) is 17.0 Å². The fraction of sp³-hybridized carbons (Fsp3) is 0.381. The third-order valence-electron chi connectivity index (χ3n) is 5.16. The number of carbonyl (C=O) groups excluding carboxylic acids is 1. The summed E-state index contributed by atoms with van der Waals surface area (Å²) < 4.78 is 30.3. The van der Waals surface area contributed by atoms with Gasteiger partial charge in [0.25, 0.3) is 5.91 Å². The molecule has 2 aliphatic rings. The fourth-order valence-electron chi connectivity index (χ4n) is 3.62. The van der Waals surface area contributed by atoms with Gasteiger partial charge in [0.15, 0.2) is 0 Å². The number of anilines is 1. The van der Waals surface area contributed by atoms with Crippen LogP contribution in [0.5, 0.6) is 0 Å². The highest BCUT2D eigenvalue weighted by Gasteiger charge is 2.36. The molecule has 0 spiro atoms. The van der Waals surface area contributed by atoms with E-state index in [1.54, 1.807) is 6.07 Å².